The molecule has 1 aromatic carbocycles. The van der Waals surface area contributed by atoms with Crippen LogP contribution in [0.4, 0.5) is 5.69 Å². The molecule has 2 aromatic rings. The average molecular weight is 232 g/mol. The zero-order chi connectivity index (χ0) is 11.9. The molecule has 0 aliphatic heterocycles. The van der Waals surface area contributed by atoms with Crippen LogP contribution in [0.2, 0.25) is 0 Å². The van der Waals surface area contributed by atoms with Gasteiger partial charge in [0.15, 0.2) is 6.39 Å². The predicted octanol–water partition coefficient (Wildman–Crippen LogP) is 2.18. The first-order chi connectivity index (χ1) is 8.34. The van der Waals surface area contributed by atoms with Crippen LogP contribution < -0.4 is 5.48 Å². The highest BCUT2D eigenvalue weighted by atomic mass is 16.7. The van der Waals surface area contributed by atoms with Crippen molar-refractivity contribution in [2.24, 2.45) is 0 Å². The van der Waals surface area contributed by atoms with Gasteiger partial charge in [0, 0.05) is 6.42 Å². The van der Waals surface area contributed by atoms with E-state index in [0.717, 1.165) is 11.4 Å². The van der Waals surface area contributed by atoms with E-state index in [1.54, 1.807) is 0 Å². The largest absolute Gasteiger partial charge is 0.451 e. The van der Waals surface area contributed by atoms with Gasteiger partial charge >= 0.3 is 5.97 Å². The molecule has 1 heterocycles. The van der Waals surface area contributed by atoms with Gasteiger partial charge in [0.2, 0.25) is 0 Å². The van der Waals surface area contributed by atoms with Gasteiger partial charge in [-0.2, -0.15) is 0 Å². The van der Waals surface area contributed by atoms with Crippen LogP contribution in [-0.2, 0) is 16.1 Å². The van der Waals surface area contributed by atoms with Crippen LogP contribution >= 0.6 is 0 Å². The van der Waals surface area contributed by atoms with Crippen LogP contribution in [0.15, 0.2) is 47.4 Å². The zero-order valence-corrected chi connectivity index (χ0v) is 9.13. The van der Waals surface area contributed by atoms with Crippen molar-refractivity contribution in [3.63, 3.8) is 0 Å². The van der Waals surface area contributed by atoms with E-state index < -0.39 is 0 Å². The van der Waals surface area contributed by atoms with Crippen molar-refractivity contribution in [2.45, 2.75) is 12.8 Å². The first kappa shape index (κ1) is 11.2. The van der Waals surface area contributed by atoms with E-state index in [0.29, 0.717) is 6.42 Å². The molecule has 0 unspecified atom stereocenters. The summed E-state index contributed by atoms with van der Waals surface area (Å²) in [6.07, 6.45) is 3.61. The minimum atomic E-state index is -0.336. The molecule has 0 fully saturated rings. The van der Waals surface area contributed by atoms with E-state index in [4.69, 9.17) is 9.25 Å². The van der Waals surface area contributed by atoms with Crippen molar-refractivity contribution in [1.29, 1.82) is 0 Å². The summed E-state index contributed by atoms with van der Waals surface area (Å²) >= 11 is 0. The monoisotopic (exact) mass is 232 g/mol. The molecule has 1 aromatic heterocycles. The Labute approximate surface area is 98.4 Å². The highest BCUT2D eigenvalue weighted by Crippen LogP contribution is 2.06. The van der Waals surface area contributed by atoms with Gasteiger partial charge in [0.05, 0.1) is 17.8 Å². The van der Waals surface area contributed by atoms with Crippen molar-refractivity contribution < 1.29 is 14.0 Å². The highest BCUT2D eigenvalue weighted by molar-refractivity contribution is 5.70. The third-order valence-electron chi connectivity index (χ3n) is 2.13. The Kier molecular flexibility index (Phi) is 3.75. The van der Waals surface area contributed by atoms with Crippen molar-refractivity contribution >= 4 is 11.7 Å². The molecule has 0 bridgehead atoms. The molecule has 5 heteroatoms. The van der Waals surface area contributed by atoms with Crippen LogP contribution in [0.1, 0.15) is 12.1 Å². The number of aromatic nitrogens is 1. The maximum absolute atomic E-state index is 11.4. The second kappa shape index (κ2) is 5.69. The number of benzene rings is 1. The number of para-hydroxylation sites is 1. The number of nitrogens with zero attached hydrogens (tertiary/aromatic N) is 1. The Morgan fingerprint density at radius 2 is 2.18 bits per heavy atom. The molecule has 0 saturated carbocycles. The summed E-state index contributed by atoms with van der Waals surface area (Å²) in [6.45, 7) is 0. The number of carbonyl (C=O) groups is 1. The van der Waals surface area contributed by atoms with Gasteiger partial charge in [0.1, 0.15) is 6.26 Å². The highest BCUT2D eigenvalue weighted by Gasteiger charge is 2.05. The Morgan fingerprint density at radius 3 is 2.88 bits per heavy atom. The minimum Gasteiger partial charge on any atom is -0.451 e. The van der Waals surface area contributed by atoms with E-state index in [-0.39, 0.29) is 12.4 Å². The SMILES string of the molecule is O=C(CCc1cocn1)ONc1ccccc1. The lowest BCUT2D eigenvalue weighted by atomic mass is 10.2. The molecule has 0 spiro atoms. The molecule has 2 rings (SSSR count). The quantitative estimate of drug-likeness (QED) is 0.800. The Bertz CT molecular complexity index is 454. The molecule has 0 saturated heterocycles. The molecule has 5 nitrogen and oxygen atoms in total. The first-order valence-electron chi connectivity index (χ1n) is 5.22. The third-order valence-corrected chi connectivity index (χ3v) is 2.13. The van der Waals surface area contributed by atoms with Gasteiger partial charge < -0.3 is 9.25 Å². The lowest BCUT2D eigenvalue weighted by Gasteiger charge is -2.05. The summed E-state index contributed by atoms with van der Waals surface area (Å²) in [5, 5.41) is 0. The summed E-state index contributed by atoms with van der Waals surface area (Å²) in [5.74, 6) is -0.336. The minimum absolute atomic E-state index is 0.256. The van der Waals surface area contributed by atoms with Gasteiger partial charge in [-0.1, -0.05) is 18.2 Å². The first-order valence-corrected chi connectivity index (χ1v) is 5.22. The van der Waals surface area contributed by atoms with Gasteiger partial charge in [-0.25, -0.2) is 15.3 Å². The van der Waals surface area contributed by atoms with E-state index >= 15 is 0 Å². The summed E-state index contributed by atoms with van der Waals surface area (Å²) < 4.78 is 4.80. The molecule has 1 N–H and O–H groups in total. The number of rotatable bonds is 5. The molecule has 88 valence electrons. The van der Waals surface area contributed by atoms with E-state index in [1.807, 2.05) is 30.3 Å². The fourth-order valence-corrected chi connectivity index (χ4v) is 1.26. The number of carbonyl (C=O) groups excluding carboxylic acids is 1. The van der Waals surface area contributed by atoms with Gasteiger partial charge in [0.25, 0.3) is 0 Å². The van der Waals surface area contributed by atoms with Crippen molar-refractivity contribution in [2.75, 3.05) is 5.48 Å². The lowest BCUT2D eigenvalue weighted by Crippen LogP contribution is -2.11. The number of aryl methyl sites for hydroxylation is 1. The summed E-state index contributed by atoms with van der Waals surface area (Å²) in [6, 6.07) is 9.21. The van der Waals surface area contributed by atoms with E-state index in [2.05, 4.69) is 10.5 Å². The number of anilines is 1. The Morgan fingerprint density at radius 1 is 1.35 bits per heavy atom. The topological polar surface area (TPSA) is 64.4 Å². The fraction of sp³-hybridized carbons (Fsp3) is 0.167. The molecule has 0 radical (unpaired) electrons. The average Bonchev–Trinajstić information content (AvgIpc) is 2.88. The molecule has 0 amide bonds. The number of nitrogens with one attached hydrogen (secondary N) is 1. The van der Waals surface area contributed by atoms with Crippen molar-refractivity contribution in [3.8, 4) is 0 Å². The van der Waals surface area contributed by atoms with Crippen molar-refractivity contribution in [3.05, 3.63) is 48.7 Å². The third kappa shape index (κ3) is 3.64. The maximum Gasteiger partial charge on any atom is 0.332 e. The molecule has 0 atom stereocenters. The standard InChI is InChI=1S/C12H12N2O3/c15-12(7-6-11-8-16-9-13-11)17-14-10-4-2-1-3-5-10/h1-5,8-9,14H,6-7H2. The predicted molar refractivity (Wildman–Crippen MR) is 61.0 cm³/mol. The lowest BCUT2D eigenvalue weighted by molar-refractivity contribution is -0.140. The molecule has 0 aliphatic carbocycles. The van der Waals surface area contributed by atoms with Gasteiger partial charge in [-0.3, -0.25) is 0 Å². The second-order valence-electron chi connectivity index (χ2n) is 3.42. The zero-order valence-electron chi connectivity index (χ0n) is 9.13. The van der Waals surface area contributed by atoms with Gasteiger partial charge in [-0.15, -0.1) is 0 Å². The fourth-order valence-electron chi connectivity index (χ4n) is 1.26. The smallest absolute Gasteiger partial charge is 0.332 e. The number of oxazole rings is 1. The van der Waals surface area contributed by atoms with Crippen LogP contribution in [0.5, 0.6) is 0 Å². The van der Waals surface area contributed by atoms with Crippen LogP contribution in [0, 0.1) is 0 Å². The Hall–Kier alpha value is -2.30. The summed E-state index contributed by atoms with van der Waals surface area (Å²) in [5.41, 5.74) is 4.06. The summed E-state index contributed by atoms with van der Waals surface area (Å²) in [7, 11) is 0. The van der Waals surface area contributed by atoms with E-state index in [1.165, 1.54) is 12.7 Å². The number of hydrogen-bond donors (Lipinski definition) is 1. The molecule has 0 aliphatic rings. The van der Waals surface area contributed by atoms with Gasteiger partial charge in [-0.05, 0) is 12.1 Å². The molecular weight excluding hydrogens is 220 g/mol. The normalized spacial score (nSPS) is 9.88. The van der Waals surface area contributed by atoms with Crippen LogP contribution in [-0.4, -0.2) is 11.0 Å². The second-order valence-corrected chi connectivity index (χ2v) is 3.42. The van der Waals surface area contributed by atoms with Crippen LogP contribution in [0.25, 0.3) is 0 Å². The number of hydrogen-bond acceptors (Lipinski definition) is 5. The maximum atomic E-state index is 11.4. The summed E-state index contributed by atoms with van der Waals surface area (Å²) in [4.78, 5) is 20.2. The molecular formula is C12H12N2O3. The van der Waals surface area contributed by atoms with E-state index in [9.17, 15) is 4.79 Å². The molecule has 17 heavy (non-hydrogen) atoms. The van der Waals surface area contributed by atoms with Crippen molar-refractivity contribution in [1.82, 2.24) is 4.98 Å². The van der Waals surface area contributed by atoms with Crippen LogP contribution in [0.3, 0.4) is 0 Å². The Balaban J connectivity index is 1.71.